The van der Waals surface area contributed by atoms with Crippen molar-refractivity contribution in [2.24, 2.45) is 5.10 Å². The molecule has 180 valence electrons. The van der Waals surface area contributed by atoms with Gasteiger partial charge in [-0.25, -0.2) is 10.4 Å². The van der Waals surface area contributed by atoms with Gasteiger partial charge in [0.2, 0.25) is 0 Å². The molecule has 2 N–H and O–H groups in total. The summed E-state index contributed by atoms with van der Waals surface area (Å²) in [5.41, 5.74) is 6.39. The number of hydrazone groups is 1. The molecule has 0 unspecified atom stereocenters. The minimum absolute atomic E-state index is 0.156. The minimum atomic E-state index is -0.326. The largest absolute Gasteiger partial charge is 0.479 e. The van der Waals surface area contributed by atoms with Crippen molar-refractivity contribution < 1.29 is 9.53 Å². The van der Waals surface area contributed by atoms with Gasteiger partial charge in [0.25, 0.3) is 5.91 Å². The number of hydrogen-bond acceptors (Lipinski definition) is 6. The highest BCUT2D eigenvalue weighted by Gasteiger charge is 2.10. The first-order chi connectivity index (χ1) is 17.4. The van der Waals surface area contributed by atoms with Crippen LogP contribution in [0.5, 0.6) is 5.75 Å². The van der Waals surface area contributed by atoms with Gasteiger partial charge in [0.05, 0.1) is 20.9 Å². The molecule has 0 atom stereocenters. The van der Waals surface area contributed by atoms with Crippen molar-refractivity contribution >= 4 is 77.7 Å². The van der Waals surface area contributed by atoms with Crippen molar-refractivity contribution in [1.82, 2.24) is 10.4 Å². The topological polar surface area (TPSA) is 75.6 Å². The number of ether oxygens (including phenoxy) is 1. The number of halogens is 3. The van der Waals surface area contributed by atoms with Crippen LogP contribution in [0.2, 0.25) is 5.02 Å². The van der Waals surface area contributed by atoms with Gasteiger partial charge >= 0.3 is 0 Å². The first-order valence-electron chi connectivity index (χ1n) is 10.4. The molecule has 0 saturated heterocycles. The molecule has 36 heavy (non-hydrogen) atoms. The lowest BCUT2D eigenvalue weighted by atomic mass is 10.1. The highest BCUT2D eigenvalue weighted by atomic mass is 79.9. The Morgan fingerprint density at radius 3 is 2.50 bits per heavy atom. The second kappa shape index (κ2) is 12.2. The Morgan fingerprint density at radius 1 is 1.14 bits per heavy atom. The Morgan fingerprint density at radius 2 is 1.83 bits per heavy atom. The summed E-state index contributed by atoms with van der Waals surface area (Å²) in [5, 5.41) is 10.7. The average molecular weight is 645 g/mol. The maximum Gasteiger partial charge on any atom is 0.271 e. The van der Waals surface area contributed by atoms with Gasteiger partial charge < -0.3 is 10.1 Å². The number of terminal acetylenes is 1. The van der Waals surface area contributed by atoms with E-state index in [9.17, 15) is 4.79 Å². The maximum absolute atomic E-state index is 12.5. The van der Waals surface area contributed by atoms with Crippen LogP contribution in [0.1, 0.15) is 15.9 Å². The molecule has 0 fully saturated rings. The maximum atomic E-state index is 12.5. The number of benzene rings is 3. The normalized spacial score (nSPS) is 10.7. The molecule has 1 aromatic heterocycles. The molecule has 1 amide bonds. The lowest BCUT2D eigenvalue weighted by Gasteiger charge is -2.08. The molecule has 0 radical (unpaired) electrons. The van der Waals surface area contributed by atoms with E-state index in [-0.39, 0.29) is 12.5 Å². The first-order valence-corrected chi connectivity index (χ1v) is 13.2. The predicted octanol–water partition coefficient (Wildman–Crippen LogP) is 7.51. The molecule has 10 heteroatoms. The lowest BCUT2D eigenvalue weighted by Crippen LogP contribution is -2.17. The molecule has 4 rings (SSSR count). The fourth-order valence-corrected chi connectivity index (χ4v) is 5.37. The number of nitrogens with zero attached hydrogens (tertiary/aromatic N) is 2. The summed E-state index contributed by atoms with van der Waals surface area (Å²) in [7, 11) is 0. The summed E-state index contributed by atoms with van der Waals surface area (Å²) in [4.78, 5) is 17.1. The fourth-order valence-electron chi connectivity index (χ4n) is 3.05. The third kappa shape index (κ3) is 6.74. The van der Waals surface area contributed by atoms with Gasteiger partial charge in [-0.3, -0.25) is 4.79 Å². The van der Waals surface area contributed by atoms with Crippen LogP contribution in [0.3, 0.4) is 0 Å². The molecule has 0 spiro atoms. The van der Waals surface area contributed by atoms with Gasteiger partial charge in [-0.15, -0.1) is 17.8 Å². The molecule has 0 aliphatic rings. The van der Waals surface area contributed by atoms with Gasteiger partial charge in [0, 0.05) is 27.2 Å². The molecule has 6 nitrogen and oxygen atoms in total. The van der Waals surface area contributed by atoms with Crippen LogP contribution in [-0.2, 0) is 0 Å². The van der Waals surface area contributed by atoms with Crippen LogP contribution in [0.15, 0.2) is 80.1 Å². The monoisotopic (exact) mass is 642 g/mol. The standard InChI is InChI=1S/C26H17Br2ClN4O2S/c1-2-11-35-24-21(27)12-16(13-22(24)28)14-30-33-25(34)18-5-3-17(4-6-18)23-15-36-26(32-23)31-20-9-7-19(29)8-10-20/h1,3-10,12-15H,11H2,(H,31,32)(H,33,34)/b30-14-. The Bertz CT molecular complexity index is 1430. The molecule has 0 aliphatic carbocycles. The summed E-state index contributed by atoms with van der Waals surface area (Å²) in [6.45, 7) is 0.156. The van der Waals surface area contributed by atoms with Crippen molar-refractivity contribution in [3.63, 3.8) is 0 Å². The smallest absolute Gasteiger partial charge is 0.271 e. The zero-order valence-corrected chi connectivity index (χ0v) is 23.2. The van der Waals surface area contributed by atoms with E-state index in [1.165, 1.54) is 17.6 Å². The van der Waals surface area contributed by atoms with E-state index < -0.39 is 0 Å². The first kappa shape index (κ1) is 25.9. The molecular weight excluding hydrogens is 628 g/mol. The summed E-state index contributed by atoms with van der Waals surface area (Å²) >= 11 is 14.3. The number of rotatable bonds is 8. The van der Waals surface area contributed by atoms with Crippen molar-refractivity contribution in [2.75, 3.05) is 11.9 Å². The summed E-state index contributed by atoms with van der Waals surface area (Å²) in [6.07, 6.45) is 6.78. The molecule has 0 saturated carbocycles. The van der Waals surface area contributed by atoms with Gasteiger partial charge in [0.1, 0.15) is 12.4 Å². The van der Waals surface area contributed by atoms with E-state index in [0.29, 0.717) is 25.3 Å². The summed E-state index contributed by atoms with van der Waals surface area (Å²) in [5.74, 6) is 2.70. The second-order valence-electron chi connectivity index (χ2n) is 7.25. The van der Waals surface area contributed by atoms with Gasteiger partial charge in [-0.05, 0) is 86.0 Å². The van der Waals surface area contributed by atoms with Crippen LogP contribution in [0, 0.1) is 12.3 Å². The fraction of sp³-hybridized carbons (Fsp3) is 0.0385. The number of aromatic nitrogens is 1. The van der Waals surface area contributed by atoms with Crippen molar-refractivity contribution in [2.45, 2.75) is 0 Å². The predicted molar refractivity (Wildman–Crippen MR) is 154 cm³/mol. The number of nitrogens with one attached hydrogen (secondary N) is 2. The molecule has 4 aromatic rings. The van der Waals surface area contributed by atoms with E-state index in [1.54, 1.807) is 12.1 Å². The molecule has 3 aromatic carbocycles. The highest BCUT2D eigenvalue weighted by Crippen LogP contribution is 2.34. The number of carbonyl (C=O) groups excluding carboxylic acids is 1. The molecule has 0 bridgehead atoms. The summed E-state index contributed by atoms with van der Waals surface area (Å²) in [6, 6.07) is 18.2. The molecule has 1 heterocycles. The average Bonchev–Trinajstić information content (AvgIpc) is 3.33. The number of hydrogen-bond donors (Lipinski definition) is 2. The van der Waals surface area contributed by atoms with E-state index in [0.717, 1.165) is 27.6 Å². The quantitative estimate of drug-likeness (QED) is 0.118. The number of thiazole rings is 1. The van der Waals surface area contributed by atoms with Gasteiger partial charge in [-0.1, -0.05) is 29.7 Å². The van der Waals surface area contributed by atoms with Gasteiger partial charge in [-0.2, -0.15) is 5.10 Å². The van der Waals surface area contributed by atoms with Crippen LogP contribution in [0.4, 0.5) is 10.8 Å². The Balaban J connectivity index is 1.36. The van der Waals surface area contributed by atoms with E-state index >= 15 is 0 Å². The van der Waals surface area contributed by atoms with Crippen LogP contribution in [-0.4, -0.2) is 23.7 Å². The third-order valence-electron chi connectivity index (χ3n) is 4.74. The van der Waals surface area contributed by atoms with Crippen LogP contribution in [0.25, 0.3) is 11.3 Å². The Hall–Kier alpha value is -3.16. The van der Waals surface area contributed by atoms with Crippen LogP contribution < -0.4 is 15.5 Å². The summed E-state index contributed by atoms with van der Waals surface area (Å²) < 4.78 is 6.91. The molecule has 0 aliphatic heterocycles. The SMILES string of the molecule is C#CCOc1c(Br)cc(/C=N\NC(=O)c2ccc(-c3csc(Nc4ccc(Cl)cc4)n3)cc2)cc1Br. The zero-order chi connectivity index (χ0) is 25.5. The lowest BCUT2D eigenvalue weighted by molar-refractivity contribution is 0.0955. The van der Waals surface area contributed by atoms with E-state index in [4.69, 9.17) is 22.8 Å². The molecular formula is C26H17Br2ClN4O2S. The second-order valence-corrected chi connectivity index (χ2v) is 10.3. The number of carbonyl (C=O) groups is 1. The number of amides is 1. The van der Waals surface area contributed by atoms with Gasteiger partial charge in [0.15, 0.2) is 5.13 Å². The Labute approximate surface area is 234 Å². The Kier molecular flexibility index (Phi) is 8.78. The van der Waals surface area contributed by atoms with Crippen LogP contribution >= 0.6 is 54.8 Å². The van der Waals surface area contributed by atoms with E-state index in [1.807, 2.05) is 53.9 Å². The van der Waals surface area contributed by atoms with E-state index in [2.05, 4.69) is 58.6 Å². The van der Waals surface area contributed by atoms with Crippen molar-refractivity contribution in [1.29, 1.82) is 0 Å². The number of anilines is 2. The van der Waals surface area contributed by atoms with Crippen molar-refractivity contribution in [3.05, 3.63) is 91.1 Å². The highest BCUT2D eigenvalue weighted by molar-refractivity contribution is 9.11. The minimum Gasteiger partial charge on any atom is -0.479 e. The van der Waals surface area contributed by atoms with Crippen molar-refractivity contribution in [3.8, 4) is 29.4 Å². The third-order valence-corrected chi connectivity index (χ3v) is 6.93. The zero-order valence-electron chi connectivity index (χ0n) is 18.5.